The first-order chi connectivity index (χ1) is 20.8. The third-order valence-electron chi connectivity index (χ3n) is 8.65. The van der Waals surface area contributed by atoms with E-state index in [-0.39, 0.29) is 6.54 Å². The van der Waals surface area contributed by atoms with Gasteiger partial charge < -0.3 is 14.6 Å². The van der Waals surface area contributed by atoms with Crippen LogP contribution in [0.1, 0.15) is 42.4 Å². The number of aliphatic carboxylic acids is 1. The predicted molar refractivity (Wildman–Crippen MR) is 156 cm³/mol. The van der Waals surface area contributed by atoms with E-state index in [4.69, 9.17) is 14.5 Å². The lowest BCUT2D eigenvalue weighted by molar-refractivity contribution is -0.152. The summed E-state index contributed by atoms with van der Waals surface area (Å²) in [5, 5.41) is 11.3. The van der Waals surface area contributed by atoms with Gasteiger partial charge >= 0.3 is 5.97 Å². The van der Waals surface area contributed by atoms with Gasteiger partial charge in [-0.1, -0.05) is 11.8 Å². The number of morpholine rings is 1. The Balaban J connectivity index is 1.26. The van der Waals surface area contributed by atoms with Gasteiger partial charge in [0, 0.05) is 56.4 Å². The van der Waals surface area contributed by atoms with Crippen LogP contribution in [0.3, 0.4) is 0 Å². The highest BCUT2D eigenvalue weighted by atomic mass is 19.1. The smallest absolute Gasteiger partial charge is 0.309 e. The number of fused-ring (bicyclic) bond motifs is 1. The number of pyridine rings is 1. The molecule has 2 aliphatic heterocycles. The Morgan fingerprint density at radius 2 is 1.79 bits per heavy atom. The maximum Gasteiger partial charge on any atom is 0.309 e. The van der Waals surface area contributed by atoms with E-state index in [1.807, 2.05) is 29.3 Å². The van der Waals surface area contributed by atoms with Crippen LogP contribution in [0.25, 0.3) is 10.9 Å². The molecule has 0 bridgehead atoms. The number of hydrogen-bond donors (Lipinski definition) is 1. The van der Waals surface area contributed by atoms with Crippen molar-refractivity contribution in [1.29, 1.82) is 0 Å². The Bertz CT molecular complexity index is 1500. The van der Waals surface area contributed by atoms with Gasteiger partial charge in [0.2, 0.25) is 0 Å². The van der Waals surface area contributed by atoms with E-state index in [1.54, 1.807) is 7.11 Å². The zero-order chi connectivity index (χ0) is 30.4. The molecule has 228 valence electrons. The molecular weight excluding hydrogens is 559 g/mol. The van der Waals surface area contributed by atoms with E-state index in [0.717, 1.165) is 41.9 Å². The third-order valence-corrected chi connectivity index (χ3v) is 8.65. The number of carboxylic acids is 1. The van der Waals surface area contributed by atoms with Crippen LogP contribution in [-0.2, 0) is 22.5 Å². The lowest BCUT2D eigenvalue weighted by Gasteiger charge is -2.38. The molecule has 5 rings (SSSR count). The van der Waals surface area contributed by atoms with Crippen molar-refractivity contribution in [3.63, 3.8) is 0 Å². The number of carbonyl (C=O) groups is 1. The highest BCUT2D eigenvalue weighted by Crippen LogP contribution is 2.38. The van der Waals surface area contributed by atoms with Crippen molar-refractivity contribution < 1.29 is 32.5 Å². The number of aromatic nitrogens is 1. The number of piperidine rings is 1. The van der Waals surface area contributed by atoms with Crippen LogP contribution in [0, 0.1) is 34.7 Å². The summed E-state index contributed by atoms with van der Waals surface area (Å²) >= 11 is 0. The average Bonchev–Trinajstić information content (AvgIpc) is 3.00. The number of carboxylic acid groups (broad SMARTS) is 1. The summed E-state index contributed by atoms with van der Waals surface area (Å²) < 4.78 is 52.0. The van der Waals surface area contributed by atoms with Gasteiger partial charge in [-0.25, -0.2) is 13.2 Å². The largest absolute Gasteiger partial charge is 0.497 e. The van der Waals surface area contributed by atoms with Crippen LogP contribution in [0.4, 0.5) is 13.2 Å². The third kappa shape index (κ3) is 7.29. The number of hydrogen-bond acceptors (Lipinski definition) is 6. The van der Waals surface area contributed by atoms with Gasteiger partial charge in [-0.3, -0.25) is 19.6 Å². The number of ether oxygens (including phenoxy) is 2. The molecule has 0 unspecified atom stereocenters. The first kappa shape index (κ1) is 30.8. The van der Waals surface area contributed by atoms with Crippen LogP contribution in [0.5, 0.6) is 5.75 Å². The Kier molecular flexibility index (Phi) is 9.86. The van der Waals surface area contributed by atoms with Crippen molar-refractivity contribution in [3.8, 4) is 17.6 Å². The summed E-state index contributed by atoms with van der Waals surface area (Å²) in [5.74, 6) is 2.09. The van der Waals surface area contributed by atoms with Crippen LogP contribution >= 0.6 is 0 Å². The summed E-state index contributed by atoms with van der Waals surface area (Å²) in [5.41, 5.74) is 1.86. The van der Waals surface area contributed by atoms with Crippen LogP contribution < -0.4 is 4.74 Å². The van der Waals surface area contributed by atoms with E-state index in [2.05, 4.69) is 16.7 Å². The lowest BCUT2D eigenvalue weighted by atomic mass is 9.74. The van der Waals surface area contributed by atoms with Crippen molar-refractivity contribution in [2.45, 2.75) is 38.6 Å². The maximum absolute atomic E-state index is 13.9. The Hall–Kier alpha value is -3.65. The van der Waals surface area contributed by atoms with Gasteiger partial charge in [-0.15, -0.1) is 0 Å². The van der Waals surface area contributed by atoms with Crippen molar-refractivity contribution >= 4 is 16.9 Å². The van der Waals surface area contributed by atoms with Crippen LogP contribution in [-0.4, -0.2) is 78.9 Å². The molecule has 0 atom stereocenters. The molecule has 1 N–H and O–H groups in total. The summed E-state index contributed by atoms with van der Waals surface area (Å²) in [4.78, 5) is 21.6. The molecule has 10 heteroatoms. The standard InChI is InChI=1S/C33H36F3N3O4/c1-42-25-6-7-31-28(20-25)26(23(21-37-31)22-39-14-16-43-17-15-39)4-2-8-33(32(40)41)9-12-38(13-10-33)11-3-5-27-29(35)18-24(34)19-30(27)36/h6-7,18-21H,2,4,8-17,22H2,1H3,(H,40,41). The molecule has 2 aromatic carbocycles. The highest BCUT2D eigenvalue weighted by molar-refractivity contribution is 5.84. The number of nitrogens with zero attached hydrogens (tertiary/aromatic N) is 3. The molecule has 0 radical (unpaired) electrons. The minimum absolute atomic E-state index is 0.238. The molecule has 2 saturated heterocycles. The Labute approximate surface area is 249 Å². The molecule has 2 fully saturated rings. The molecule has 3 aromatic rings. The molecule has 7 nitrogen and oxygen atoms in total. The summed E-state index contributed by atoms with van der Waals surface area (Å²) in [6.45, 7) is 5.12. The van der Waals surface area contributed by atoms with Gasteiger partial charge in [0.1, 0.15) is 23.2 Å². The number of likely N-dealkylation sites (tertiary alicyclic amines) is 1. The SMILES string of the molecule is COc1ccc2ncc(CN3CCOCC3)c(CCCC3(C(=O)O)CCN(CC#Cc4c(F)cc(F)cc4F)CC3)c2c1. The Morgan fingerprint density at radius 1 is 1.07 bits per heavy atom. The fraction of sp³-hybridized carbons (Fsp3) is 0.455. The number of aryl methyl sites for hydroxylation is 1. The van der Waals surface area contributed by atoms with Crippen molar-refractivity contribution in [1.82, 2.24) is 14.8 Å². The van der Waals surface area contributed by atoms with Crippen LogP contribution in [0.15, 0.2) is 36.5 Å². The first-order valence-corrected chi connectivity index (χ1v) is 14.6. The summed E-state index contributed by atoms with van der Waals surface area (Å²) in [6.07, 6.45) is 4.78. The molecule has 1 aromatic heterocycles. The second-order valence-corrected chi connectivity index (χ2v) is 11.3. The fourth-order valence-corrected chi connectivity index (χ4v) is 6.04. The van der Waals surface area contributed by atoms with E-state index in [9.17, 15) is 23.1 Å². The second kappa shape index (κ2) is 13.8. The molecule has 0 spiro atoms. The molecule has 3 heterocycles. The van der Waals surface area contributed by atoms with Gasteiger partial charge in [-0.05, 0) is 61.4 Å². The number of rotatable bonds is 9. The number of methoxy groups -OCH3 is 1. The monoisotopic (exact) mass is 595 g/mol. The van der Waals surface area contributed by atoms with E-state index in [1.165, 1.54) is 5.56 Å². The van der Waals surface area contributed by atoms with Gasteiger partial charge in [0.05, 0.1) is 43.4 Å². The quantitative estimate of drug-likeness (QED) is 0.348. The minimum atomic E-state index is -1.04. The molecule has 43 heavy (non-hydrogen) atoms. The topological polar surface area (TPSA) is 75.1 Å². The molecule has 0 aliphatic carbocycles. The molecule has 2 aliphatic rings. The van der Waals surface area contributed by atoms with Crippen molar-refractivity contribution in [2.24, 2.45) is 5.41 Å². The fourth-order valence-electron chi connectivity index (χ4n) is 6.04. The summed E-state index contributed by atoms with van der Waals surface area (Å²) in [7, 11) is 1.64. The second-order valence-electron chi connectivity index (χ2n) is 11.3. The van der Waals surface area contributed by atoms with Crippen LogP contribution in [0.2, 0.25) is 0 Å². The average molecular weight is 596 g/mol. The molecule has 0 saturated carbocycles. The molecule has 0 amide bonds. The van der Waals surface area contributed by atoms with E-state index < -0.39 is 34.4 Å². The maximum atomic E-state index is 13.9. The normalized spacial score (nSPS) is 17.4. The predicted octanol–water partition coefficient (Wildman–Crippen LogP) is 5.03. The zero-order valence-corrected chi connectivity index (χ0v) is 24.3. The van der Waals surface area contributed by atoms with Gasteiger partial charge in [0.25, 0.3) is 0 Å². The highest BCUT2D eigenvalue weighted by Gasteiger charge is 2.40. The van der Waals surface area contributed by atoms with E-state index >= 15 is 0 Å². The van der Waals surface area contributed by atoms with Crippen molar-refractivity contribution in [2.75, 3.05) is 53.0 Å². The number of halogens is 3. The minimum Gasteiger partial charge on any atom is -0.497 e. The zero-order valence-electron chi connectivity index (χ0n) is 24.3. The molecular formula is C33H36F3N3O4. The Morgan fingerprint density at radius 3 is 2.47 bits per heavy atom. The van der Waals surface area contributed by atoms with Gasteiger partial charge in [-0.2, -0.15) is 0 Å². The van der Waals surface area contributed by atoms with E-state index in [0.29, 0.717) is 70.5 Å². The number of benzene rings is 2. The lowest BCUT2D eigenvalue weighted by Crippen LogP contribution is -2.44. The van der Waals surface area contributed by atoms with Gasteiger partial charge in [0.15, 0.2) is 0 Å². The first-order valence-electron chi connectivity index (χ1n) is 14.6. The summed E-state index contributed by atoms with van der Waals surface area (Å²) in [6, 6.07) is 7.06. The van der Waals surface area contributed by atoms with Crippen molar-refractivity contribution in [3.05, 3.63) is 70.7 Å².